The monoisotopic (exact) mass is 314 g/mol. The molecule has 0 spiro atoms. The average molecular weight is 314 g/mol. The van der Waals surface area contributed by atoms with Crippen LogP contribution in [0.25, 0.3) is 11.4 Å². The highest BCUT2D eigenvalue weighted by Crippen LogP contribution is 2.32. The summed E-state index contributed by atoms with van der Waals surface area (Å²) in [7, 11) is 0. The van der Waals surface area contributed by atoms with Crippen LogP contribution in [-0.2, 0) is 11.3 Å². The number of aromatic hydroxyl groups is 1. The molecule has 1 aromatic carbocycles. The van der Waals surface area contributed by atoms with E-state index in [1.807, 2.05) is 16.4 Å². The van der Waals surface area contributed by atoms with Crippen molar-refractivity contribution in [1.82, 2.24) is 19.7 Å². The fourth-order valence-corrected chi connectivity index (χ4v) is 3.06. The minimum atomic E-state index is -0.266. The molecule has 0 saturated carbocycles. The van der Waals surface area contributed by atoms with E-state index >= 15 is 0 Å². The lowest BCUT2D eigenvalue weighted by molar-refractivity contribution is -0.137. The van der Waals surface area contributed by atoms with Crippen LogP contribution < -0.4 is 0 Å². The first-order valence-electron chi connectivity index (χ1n) is 8.03. The van der Waals surface area contributed by atoms with Gasteiger partial charge in [0, 0.05) is 12.1 Å². The zero-order valence-electron chi connectivity index (χ0n) is 13.7. The van der Waals surface area contributed by atoms with Gasteiger partial charge in [-0.1, -0.05) is 13.8 Å². The normalized spacial score (nSPS) is 17.7. The fourth-order valence-electron chi connectivity index (χ4n) is 3.06. The third-order valence-corrected chi connectivity index (χ3v) is 4.21. The highest BCUT2D eigenvalue weighted by Gasteiger charge is 2.35. The smallest absolute Gasteiger partial charge is 0.246 e. The van der Waals surface area contributed by atoms with E-state index < -0.39 is 0 Å². The lowest BCUT2D eigenvalue weighted by Crippen LogP contribution is -2.43. The zero-order chi connectivity index (χ0) is 16.6. The van der Waals surface area contributed by atoms with Crippen LogP contribution in [0.4, 0.5) is 0 Å². The van der Waals surface area contributed by atoms with Gasteiger partial charge in [-0.15, -0.1) is 10.2 Å². The maximum Gasteiger partial charge on any atom is 0.246 e. The van der Waals surface area contributed by atoms with Crippen LogP contribution in [0.2, 0.25) is 0 Å². The van der Waals surface area contributed by atoms with E-state index in [0.29, 0.717) is 24.8 Å². The average Bonchev–Trinajstić information content (AvgIpc) is 2.94. The van der Waals surface area contributed by atoms with Gasteiger partial charge in [0.2, 0.25) is 5.91 Å². The molecule has 6 heteroatoms. The molecule has 3 rings (SSSR count). The maximum absolute atomic E-state index is 12.8. The van der Waals surface area contributed by atoms with E-state index in [0.717, 1.165) is 17.8 Å². The van der Waals surface area contributed by atoms with Crippen molar-refractivity contribution in [2.75, 3.05) is 6.54 Å². The lowest BCUT2D eigenvalue weighted by atomic mass is 10.00. The predicted molar refractivity (Wildman–Crippen MR) is 86.7 cm³/mol. The molecule has 122 valence electrons. The van der Waals surface area contributed by atoms with Gasteiger partial charge in [-0.25, -0.2) is 0 Å². The van der Waals surface area contributed by atoms with Crippen LogP contribution >= 0.6 is 0 Å². The van der Waals surface area contributed by atoms with Gasteiger partial charge in [-0.05, 0) is 43.5 Å². The largest absolute Gasteiger partial charge is 0.508 e. The lowest BCUT2D eigenvalue weighted by Gasteiger charge is -2.34. The molecule has 2 aromatic rings. The molecule has 0 unspecified atom stereocenters. The maximum atomic E-state index is 12.8. The molecule has 1 atom stereocenters. The molecular weight excluding hydrogens is 292 g/mol. The molecule has 0 radical (unpaired) electrons. The van der Waals surface area contributed by atoms with Crippen molar-refractivity contribution in [3.8, 4) is 17.1 Å². The first kappa shape index (κ1) is 15.5. The van der Waals surface area contributed by atoms with E-state index in [9.17, 15) is 9.90 Å². The van der Waals surface area contributed by atoms with E-state index in [4.69, 9.17) is 0 Å². The van der Waals surface area contributed by atoms with Crippen LogP contribution in [0.3, 0.4) is 0 Å². The SMILES string of the molecule is CCN1Cc2nnc(-c3ccc(O)cc3)n2[C@@H](CC(C)C)C1=O. The second-order valence-corrected chi connectivity index (χ2v) is 6.35. The summed E-state index contributed by atoms with van der Waals surface area (Å²) in [6.07, 6.45) is 0.755. The third-order valence-electron chi connectivity index (χ3n) is 4.21. The summed E-state index contributed by atoms with van der Waals surface area (Å²) in [6, 6.07) is 6.58. The number of hydrogen-bond acceptors (Lipinski definition) is 4. The molecule has 1 amide bonds. The van der Waals surface area contributed by atoms with E-state index in [1.165, 1.54) is 0 Å². The van der Waals surface area contributed by atoms with Gasteiger partial charge in [0.1, 0.15) is 11.8 Å². The summed E-state index contributed by atoms with van der Waals surface area (Å²) in [5.74, 6) is 2.24. The number of nitrogens with zero attached hydrogens (tertiary/aromatic N) is 4. The van der Waals surface area contributed by atoms with Gasteiger partial charge in [-0.3, -0.25) is 9.36 Å². The van der Waals surface area contributed by atoms with Gasteiger partial charge >= 0.3 is 0 Å². The molecule has 0 aliphatic carbocycles. The summed E-state index contributed by atoms with van der Waals surface area (Å²) in [5.41, 5.74) is 0.855. The Kier molecular flexibility index (Phi) is 4.07. The summed E-state index contributed by atoms with van der Waals surface area (Å²) in [6.45, 7) is 7.38. The molecule has 0 saturated heterocycles. The quantitative estimate of drug-likeness (QED) is 0.941. The van der Waals surface area contributed by atoms with Crippen LogP contribution in [0.15, 0.2) is 24.3 Å². The number of phenolic OH excluding ortho intramolecular Hbond substituents is 1. The number of carbonyl (C=O) groups is 1. The molecule has 1 N–H and O–H groups in total. The number of benzene rings is 1. The Morgan fingerprint density at radius 1 is 1.26 bits per heavy atom. The first-order chi connectivity index (χ1) is 11.0. The number of likely N-dealkylation sites (N-methyl/N-ethyl adjacent to an activating group) is 1. The second kappa shape index (κ2) is 6.02. The highest BCUT2D eigenvalue weighted by atomic mass is 16.3. The third kappa shape index (κ3) is 2.81. The van der Waals surface area contributed by atoms with Gasteiger partial charge < -0.3 is 10.0 Å². The highest BCUT2D eigenvalue weighted by molar-refractivity contribution is 5.82. The Morgan fingerprint density at radius 3 is 2.57 bits per heavy atom. The zero-order valence-corrected chi connectivity index (χ0v) is 13.7. The molecule has 0 bridgehead atoms. The minimum Gasteiger partial charge on any atom is -0.508 e. The number of aromatic nitrogens is 3. The number of carbonyl (C=O) groups excluding carboxylic acids is 1. The van der Waals surface area contributed by atoms with E-state index in [-0.39, 0.29) is 17.7 Å². The summed E-state index contributed by atoms with van der Waals surface area (Å²) < 4.78 is 1.97. The standard InChI is InChI=1S/C17H22N4O2/c1-4-20-10-15-18-19-16(12-5-7-13(22)8-6-12)21(15)14(17(20)23)9-11(2)3/h5-8,11,14,22H,4,9-10H2,1-3H3/t14-/m0/s1. The van der Waals surface area contributed by atoms with Gasteiger partial charge in [0.05, 0.1) is 6.54 Å². The van der Waals surface area contributed by atoms with Crippen molar-refractivity contribution < 1.29 is 9.90 Å². The summed E-state index contributed by atoms with van der Waals surface area (Å²) in [4.78, 5) is 14.6. The van der Waals surface area contributed by atoms with Crippen molar-refractivity contribution >= 4 is 5.91 Å². The number of amides is 1. The minimum absolute atomic E-state index is 0.133. The van der Waals surface area contributed by atoms with E-state index in [1.54, 1.807) is 24.3 Å². The molecule has 23 heavy (non-hydrogen) atoms. The van der Waals surface area contributed by atoms with Crippen molar-refractivity contribution in [3.63, 3.8) is 0 Å². The Bertz CT molecular complexity index is 706. The molecule has 6 nitrogen and oxygen atoms in total. The van der Waals surface area contributed by atoms with Gasteiger partial charge in [0.25, 0.3) is 0 Å². The number of fused-ring (bicyclic) bond motifs is 1. The molecular formula is C17H22N4O2. The summed E-state index contributed by atoms with van der Waals surface area (Å²) >= 11 is 0. The van der Waals surface area contributed by atoms with Crippen LogP contribution in [-0.4, -0.2) is 37.2 Å². The van der Waals surface area contributed by atoms with Gasteiger partial charge in [-0.2, -0.15) is 0 Å². The molecule has 0 fully saturated rings. The van der Waals surface area contributed by atoms with Crippen molar-refractivity contribution in [2.45, 2.75) is 39.8 Å². The molecule has 1 aliphatic rings. The molecule has 2 heterocycles. The van der Waals surface area contributed by atoms with Gasteiger partial charge in [0.15, 0.2) is 11.6 Å². The Balaban J connectivity index is 2.08. The Morgan fingerprint density at radius 2 is 1.96 bits per heavy atom. The number of hydrogen-bond donors (Lipinski definition) is 1. The predicted octanol–water partition coefficient (Wildman–Crippen LogP) is 2.60. The molecule has 1 aliphatic heterocycles. The van der Waals surface area contributed by atoms with Crippen molar-refractivity contribution in [3.05, 3.63) is 30.1 Å². The first-order valence-corrected chi connectivity index (χ1v) is 8.03. The van der Waals surface area contributed by atoms with Crippen molar-refractivity contribution in [1.29, 1.82) is 0 Å². The number of phenols is 1. The van der Waals surface area contributed by atoms with Crippen LogP contribution in [0.1, 0.15) is 39.1 Å². The van der Waals surface area contributed by atoms with Crippen molar-refractivity contribution in [2.24, 2.45) is 5.92 Å². The summed E-state index contributed by atoms with van der Waals surface area (Å²) in [5, 5.41) is 18.1. The Hall–Kier alpha value is -2.37. The van der Waals surface area contributed by atoms with E-state index in [2.05, 4.69) is 24.0 Å². The molecule has 1 aromatic heterocycles. The van der Waals surface area contributed by atoms with Crippen LogP contribution in [0.5, 0.6) is 5.75 Å². The Labute approximate surface area is 135 Å². The number of rotatable bonds is 4. The van der Waals surface area contributed by atoms with Crippen LogP contribution in [0, 0.1) is 5.92 Å². The second-order valence-electron chi connectivity index (χ2n) is 6.35. The topological polar surface area (TPSA) is 71.2 Å². The fraction of sp³-hybridized carbons (Fsp3) is 0.471.